The van der Waals surface area contributed by atoms with E-state index in [1.54, 1.807) is 0 Å². The van der Waals surface area contributed by atoms with Gasteiger partial charge in [0.2, 0.25) is 0 Å². The lowest BCUT2D eigenvalue weighted by molar-refractivity contribution is 0.0159. The van der Waals surface area contributed by atoms with Crippen LogP contribution in [0.15, 0.2) is 0 Å². The zero-order valence-electron chi connectivity index (χ0n) is 10.4. The molecule has 1 fully saturated rings. The summed E-state index contributed by atoms with van der Waals surface area (Å²) < 4.78 is 0. The molecule has 1 aliphatic carbocycles. The Morgan fingerprint density at radius 1 is 0.882 bits per heavy atom. The van der Waals surface area contributed by atoms with Gasteiger partial charge in [-0.25, -0.2) is 0 Å². The summed E-state index contributed by atoms with van der Waals surface area (Å²) in [7, 11) is 0. The van der Waals surface area contributed by atoms with Gasteiger partial charge in [0.25, 0.3) is 0 Å². The first kappa shape index (κ1) is 14.9. The normalized spacial score (nSPS) is 20.5. The standard InChI is InChI=1S/C12H25NO4/c14-7-11(4-2-1-3-5-11)6-13-12(8-15,9-16)10-17/h13-17H,1-10H2. The van der Waals surface area contributed by atoms with E-state index in [4.69, 9.17) is 0 Å². The van der Waals surface area contributed by atoms with Crippen LogP contribution in [0.4, 0.5) is 0 Å². The van der Waals surface area contributed by atoms with Gasteiger partial charge in [-0.2, -0.15) is 0 Å². The average molecular weight is 247 g/mol. The van der Waals surface area contributed by atoms with Crippen LogP contribution in [0.25, 0.3) is 0 Å². The number of nitrogens with one attached hydrogen (secondary N) is 1. The van der Waals surface area contributed by atoms with Crippen LogP contribution in [-0.2, 0) is 0 Å². The van der Waals surface area contributed by atoms with Crippen molar-refractivity contribution in [3.8, 4) is 0 Å². The summed E-state index contributed by atoms with van der Waals surface area (Å²) in [5.74, 6) is 0. The molecule has 1 saturated carbocycles. The fourth-order valence-corrected chi connectivity index (χ4v) is 2.39. The maximum absolute atomic E-state index is 9.53. The van der Waals surface area contributed by atoms with Gasteiger partial charge in [0, 0.05) is 18.6 Å². The Balaban J connectivity index is 2.56. The molecule has 5 N–H and O–H groups in total. The lowest BCUT2D eigenvalue weighted by Gasteiger charge is -2.39. The van der Waals surface area contributed by atoms with Crippen molar-refractivity contribution >= 4 is 0 Å². The first-order valence-electron chi connectivity index (χ1n) is 6.34. The third-order valence-electron chi connectivity index (χ3n) is 4.00. The van der Waals surface area contributed by atoms with Gasteiger partial charge in [0.15, 0.2) is 0 Å². The Morgan fingerprint density at radius 2 is 1.41 bits per heavy atom. The van der Waals surface area contributed by atoms with Crippen LogP contribution >= 0.6 is 0 Å². The number of aliphatic hydroxyl groups is 4. The molecule has 0 radical (unpaired) electrons. The molecule has 0 saturated heterocycles. The van der Waals surface area contributed by atoms with E-state index in [-0.39, 0.29) is 31.8 Å². The maximum Gasteiger partial charge on any atom is 0.0881 e. The first-order chi connectivity index (χ1) is 8.16. The number of hydrogen-bond acceptors (Lipinski definition) is 5. The summed E-state index contributed by atoms with van der Waals surface area (Å²) in [4.78, 5) is 0. The van der Waals surface area contributed by atoms with Crippen LogP contribution < -0.4 is 5.32 Å². The Bertz CT molecular complexity index is 204. The molecular weight excluding hydrogens is 222 g/mol. The van der Waals surface area contributed by atoms with Gasteiger partial charge in [-0.05, 0) is 12.8 Å². The minimum Gasteiger partial charge on any atom is -0.396 e. The fourth-order valence-electron chi connectivity index (χ4n) is 2.39. The monoisotopic (exact) mass is 247 g/mol. The fraction of sp³-hybridized carbons (Fsp3) is 1.00. The van der Waals surface area contributed by atoms with Gasteiger partial charge in [-0.3, -0.25) is 0 Å². The van der Waals surface area contributed by atoms with Crippen molar-refractivity contribution in [2.75, 3.05) is 33.0 Å². The maximum atomic E-state index is 9.53. The molecule has 0 heterocycles. The van der Waals surface area contributed by atoms with E-state index in [0.29, 0.717) is 6.54 Å². The van der Waals surface area contributed by atoms with Crippen LogP contribution in [0, 0.1) is 5.41 Å². The predicted molar refractivity (Wildman–Crippen MR) is 64.6 cm³/mol. The molecule has 1 aliphatic rings. The Hall–Kier alpha value is -0.200. The molecule has 0 atom stereocenters. The topological polar surface area (TPSA) is 93.0 Å². The van der Waals surface area contributed by atoms with Crippen molar-refractivity contribution in [2.24, 2.45) is 5.41 Å². The summed E-state index contributed by atoms with van der Waals surface area (Å²) in [6, 6.07) is 0. The molecule has 0 spiro atoms. The van der Waals surface area contributed by atoms with Crippen molar-refractivity contribution in [3.63, 3.8) is 0 Å². The Morgan fingerprint density at radius 3 is 1.82 bits per heavy atom. The van der Waals surface area contributed by atoms with E-state index in [2.05, 4.69) is 5.32 Å². The molecule has 0 aromatic heterocycles. The molecule has 0 amide bonds. The molecule has 0 aliphatic heterocycles. The van der Waals surface area contributed by atoms with Gasteiger partial charge in [0.1, 0.15) is 0 Å². The molecule has 0 unspecified atom stereocenters. The highest BCUT2D eigenvalue weighted by molar-refractivity contribution is 4.92. The highest BCUT2D eigenvalue weighted by atomic mass is 16.3. The average Bonchev–Trinajstić information content (AvgIpc) is 2.42. The van der Waals surface area contributed by atoms with Gasteiger partial charge in [0.05, 0.1) is 25.4 Å². The second-order valence-corrected chi connectivity index (χ2v) is 5.33. The predicted octanol–water partition coefficient (Wildman–Crippen LogP) is -0.765. The Labute approximate surface area is 102 Å². The van der Waals surface area contributed by atoms with E-state index in [1.807, 2.05) is 0 Å². The lowest BCUT2D eigenvalue weighted by atomic mass is 9.74. The molecule has 1 rings (SSSR count). The van der Waals surface area contributed by atoms with E-state index in [9.17, 15) is 20.4 Å². The first-order valence-corrected chi connectivity index (χ1v) is 6.34. The quantitative estimate of drug-likeness (QED) is 0.407. The highest BCUT2D eigenvalue weighted by Crippen LogP contribution is 2.35. The van der Waals surface area contributed by atoms with Crippen LogP contribution in [0.5, 0.6) is 0 Å². The smallest absolute Gasteiger partial charge is 0.0881 e. The van der Waals surface area contributed by atoms with E-state index in [0.717, 1.165) is 25.7 Å². The SMILES string of the molecule is OCC1(CNC(CO)(CO)CO)CCCCC1. The van der Waals surface area contributed by atoms with Crippen molar-refractivity contribution in [1.29, 1.82) is 0 Å². The molecule has 5 heteroatoms. The van der Waals surface area contributed by atoms with Gasteiger partial charge in [-0.1, -0.05) is 19.3 Å². The molecule has 0 bridgehead atoms. The highest BCUT2D eigenvalue weighted by Gasteiger charge is 2.35. The molecule has 0 aromatic carbocycles. The van der Waals surface area contributed by atoms with E-state index < -0.39 is 5.54 Å². The molecule has 17 heavy (non-hydrogen) atoms. The second-order valence-electron chi connectivity index (χ2n) is 5.33. The summed E-state index contributed by atoms with van der Waals surface area (Å²) in [6.07, 6.45) is 5.32. The molecule has 5 nitrogen and oxygen atoms in total. The third kappa shape index (κ3) is 3.63. The van der Waals surface area contributed by atoms with Crippen LogP contribution in [0.1, 0.15) is 32.1 Å². The van der Waals surface area contributed by atoms with Gasteiger partial charge in [-0.15, -0.1) is 0 Å². The third-order valence-corrected chi connectivity index (χ3v) is 4.00. The Kier molecular flexibility index (Phi) is 5.82. The van der Waals surface area contributed by atoms with Crippen LogP contribution in [0.2, 0.25) is 0 Å². The largest absolute Gasteiger partial charge is 0.396 e. The van der Waals surface area contributed by atoms with Crippen molar-refractivity contribution in [1.82, 2.24) is 5.32 Å². The number of rotatable bonds is 7. The number of hydrogen-bond donors (Lipinski definition) is 5. The number of aliphatic hydroxyl groups excluding tert-OH is 4. The summed E-state index contributed by atoms with van der Waals surface area (Å²) in [6.45, 7) is -0.325. The zero-order valence-corrected chi connectivity index (χ0v) is 10.4. The minimum atomic E-state index is -1.04. The van der Waals surface area contributed by atoms with E-state index in [1.165, 1.54) is 6.42 Å². The minimum absolute atomic E-state index is 0.109. The second kappa shape index (κ2) is 6.66. The van der Waals surface area contributed by atoms with E-state index >= 15 is 0 Å². The van der Waals surface area contributed by atoms with Crippen molar-refractivity contribution in [2.45, 2.75) is 37.6 Å². The molecule has 0 aromatic rings. The van der Waals surface area contributed by atoms with Gasteiger partial charge >= 0.3 is 0 Å². The van der Waals surface area contributed by atoms with Gasteiger partial charge < -0.3 is 25.7 Å². The molecular formula is C12H25NO4. The van der Waals surface area contributed by atoms with Crippen molar-refractivity contribution < 1.29 is 20.4 Å². The molecule has 102 valence electrons. The zero-order chi connectivity index (χ0) is 12.8. The summed E-state index contributed by atoms with van der Waals surface area (Å²) >= 11 is 0. The summed E-state index contributed by atoms with van der Waals surface area (Å²) in [5, 5.41) is 40.2. The lowest BCUT2D eigenvalue weighted by Crippen LogP contribution is -2.58. The van der Waals surface area contributed by atoms with Crippen molar-refractivity contribution in [3.05, 3.63) is 0 Å². The summed E-state index contributed by atoms with van der Waals surface area (Å²) in [5.41, 5.74) is -1.21. The van der Waals surface area contributed by atoms with Crippen LogP contribution in [-0.4, -0.2) is 58.9 Å². The van der Waals surface area contributed by atoms with Crippen LogP contribution in [0.3, 0.4) is 0 Å².